The Morgan fingerprint density at radius 3 is 2.53 bits per heavy atom. The van der Waals surface area contributed by atoms with Crippen molar-refractivity contribution in [1.82, 2.24) is 10.6 Å². The number of carbonyl (C=O) groups excluding carboxylic acids is 1. The van der Waals surface area contributed by atoms with Crippen LogP contribution in [-0.2, 0) is 4.79 Å². The summed E-state index contributed by atoms with van der Waals surface area (Å²) in [6.45, 7) is 3.94. The molecule has 0 unspecified atom stereocenters. The van der Waals surface area contributed by atoms with Crippen molar-refractivity contribution >= 4 is 35.8 Å². The van der Waals surface area contributed by atoms with Crippen LogP contribution < -0.4 is 16.4 Å². The van der Waals surface area contributed by atoms with E-state index in [0.717, 1.165) is 12.8 Å². The van der Waals surface area contributed by atoms with Crippen molar-refractivity contribution in [2.24, 2.45) is 10.7 Å². The van der Waals surface area contributed by atoms with Gasteiger partial charge in [0.05, 0.1) is 0 Å². The van der Waals surface area contributed by atoms with Gasteiger partial charge in [0.25, 0.3) is 0 Å². The van der Waals surface area contributed by atoms with Crippen molar-refractivity contribution in [3.63, 3.8) is 0 Å². The molecule has 0 atom stereocenters. The van der Waals surface area contributed by atoms with Crippen molar-refractivity contribution in [3.05, 3.63) is 0 Å². The topological polar surface area (TPSA) is 79.5 Å². The first-order valence-corrected chi connectivity index (χ1v) is 5.93. The number of carbonyl (C=O) groups is 1. The molecule has 1 rings (SSSR count). The van der Waals surface area contributed by atoms with E-state index in [2.05, 4.69) is 15.6 Å². The minimum absolute atomic E-state index is 0. The summed E-state index contributed by atoms with van der Waals surface area (Å²) in [5.41, 5.74) is 5.69. The number of guanidine groups is 1. The molecule has 100 valence electrons. The number of nitrogens with two attached hydrogens (primary N) is 1. The lowest BCUT2D eigenvalue weighted by Crippen LogP contribution is -2.40. The number of hydrogen-bond donors (Lipinski definition) is 3. The van der Waals surface area contributed by atoms with Crippen molar-refractivity contribution in [2.45, 2.75) is 51.6 Å². The number of hydrogen-bond acceptors (Lipinski definition) is 2. The maximum atomic E-state index is 11.3. The van der Waals surface area contributed by atoms with Crippen molar-refractivity contribution in [2.75, 3.05) is 6.54 Å². The molecule has 5 nitrogen and oxygen atoms in total. The fourth-order valence-corrected chi connectivity index (χ4v) is 1.85. The lowest BCUT2D eigenvalue weighted by Gasteiger charge is -2.12. The second-order valence-corrected chi connectivity index (χ2v) is 4.55. The summed E-state index contributed by atoms with van der Waals surface area (Å²) in [7, 11) is 0. The Kier molecular flexibility index (Phi) is 8.28. The third-order valence-corrected chi connectivity index (χ3v) is 2.55. The second kappa shape index (κ2) is 8.54. The second-order valence-electron chi connectivity index (χ2n) is 4.55. The smallest absolute Gasteiger partial charge is 0.242 e. The van der Waals surface area contributed by atoms with Crippen LogP contribution in [0.1, 0.15) is 39.5 Å². The largest absolute Gasteiger partial charge is 0.370 e. The summed E-state index contributed by atoms with van der Waals surface area (Å²) in [5.74, 6) is 0.289. The molecule has 1 fully saturated rings. The SMILES string of the molecule is CC(C)NC(=O)CN=C(N)NC1CCCC1.I. The summed E-state index contributed by atoms with van der Waals surface area (Å²) in [6.07, 6.45) is 4.79. The Hall–Kier alpha value is -0.530. The maximum Gasteiger partial charge on any atom is 0.242 e. The average Bonchev–Trinajstić information content (AvgIpc) is 2.66. The zero-order valence-electron chi connectivity index (χ0n) is 10.5. The molecule has 1 aliphatic carbocycles. The number of amides is 1. The summed E-state index contributed by atoms with van der Waals surface area (Å²) in [4.78, 5) is 15.3. The highest BCUT2D eigenvalue weighted by Crippen LogP contribution is 2.17. The van der Waals surface area contributed by atoms with Gasteiger partial charge in [0, 0.05) is 12.1 Å². The number of halogens is 1. The van der Waals surface area contributed by atoms with Crippen molar-refractivity contribution < 1.29 is 4.79 Å². The summed E-state index contributed by atoms with van der Waals surface area (Å²) in [5, 5.41) is 5.90. The molecule has 0 spiro atoms. The summed E-state index contributed by atoms with van der Waals surface area (Å²) < 4.78 is 0. The summed E-state index contributed by atoms with van der Waals surface area (Å²) >= 11 is 0. The molecule has 1 saturated carbocycles. The van der Waals surface area contributed by atoms with E-state index in [9.17, 15) is 4.79 Å². The minimum Gasteiger partial charge on any atom is -0.370 e. The third-order valence-electron chi connectivity index (χ3n) is 2.55. The van der Waals surface area contributed by atoms with Gasteiger partial charge >= 0.3 is 0 Å². The van der Waals surface area contributed by atoms with E-state index in [4.69, 9.17) is 5.73 Å². The predicted molar refractivity (Wildman–Crippen MR) is 80.6 cm³/mol. The molecular formula is C11H23IN4O. The number of aliphatic imine (C=N–C) groups is 1. The van der Waals surface area contributed by atoms with E-state index >= 15 is 0 Å². The Bertz CT molecular complexity index is 262. The zero-order valence-corrected chi connectivity index (χ0v) is 12.9. The Labute approximate surface area is 120 Å². The standard InChI is InChI=1S/C11H22N4O.HI/c1-8(2)14-10(16)7-13-11(12)15-9-5-3-4-6-9;/h8-9H,3-7H2,1-2H3,(H,14,16)(H3,12,13,15);1H. The minimum atomic E-state index is -0.0915. The molecule has 0 bridgehead atoms. The van der Waals surface area contributed by atoms with Gasteiger partial charge in [0.15, 0.2) is 5.96 Å². The monoisotopic (exact) mass is 354 g/mol. The van der Waals surface area contributed by atoms with E-state index in [0.29, 0.717) is 12.0 Å². The number of rotatable bonds is 4. The van der Waals surface area contributed by atoms with E-state index in [-0.39, 0.29) is 42.5 Å². The third kappa shape index (κ3) is 7.40. The number of nitrogens with one attached hydrogen (secondary N) is 2. The maximum absolute atomic E-state index is 11.3. The molecule has 0 saturated heterocycles. The molecular weight excluding hydrogens is 331 g/mol. The van der Waals surface area contributed by atoms with Gasteiger partial charge in [-0.15, -0.1) is 24.0 Å². The first-order valence-electron chi connectivity index (χ1n) is 5.93. The molecule has 1 amide bonds. The van der Waals surface area contributed by atoms with E-state index in [1.165, 1.54) is 12.8 Å². The Morgan fingerprint density at radius 1 is 1.41 bits per heavy atom. The van der Waals surface area contributed by atoms with E-state index < -0.39 is 0 Å². The van der Waals surface area contributed by atoms with Crippen LogP contribution in [-0.4, -0.2) is 30.5 Å². The van der Waals surface area contributed by atoms with Gasteiger partial charge < -0.3 is 16.4 Å². The van der Waals surface area contributed by atoms with Crippen LogP contribution in [0.5, 0.6) is 0 Å². The van der Waals surface area contributed by atoms with Gasteiger partial charge in [0.1, 0.15) is 6.54 Å². The molecule has 0 heterocycles. The van der Waals surface area contributed by atoms with Crippen molar-refractivity contribution in [1.29, 1.82) is 0 Å². The normalized spacial score (nSPS) is 16.8. The van der Waals surface area contributed by atoms with Gasteiger partial charge in [-0.2, -0.15) is 0 Å². The van der Waals surface area contributed by atoms with Crippen LogP contribution in [0.15, 0.2) is 4.99 Å². The van der Waals surface area contributed by atoms with Gasteiger partial charge in [-0.3, -0.25) is 4.79 Å². The highest BCUT2D eigenvalue weighted by atomic mass is 127. The Balaban J connectivity index is 0.00000256. The van der Waals surface area contributed by atoms with E-state index in [1.54, 1.807) is 0 Å². The van der Waals surface area contributed by atoms with Gasteiger partial charge in [-0.1, -0.05) is 12.8 Å². The molecule has 0 aromatic rings. The number of nitrogens with zero attached hydrogens (tertiary/aromatic N) is 1. The molecule has 1 aliphatic rings. The average molecular weight is 354 g/mol. The van der Waals surface area contributed by atoms with Crippen LogP contribution in [0.3, 0.4) is 0 Å². The Morgan fingerprint density at radius 2 is 2.00 bits per heavy atom. The lowest BCUT2D eigenvalue weighted by atomic mass is 10.2. The highest BCUT2D eigenvalue weighted by molar-refractivity contribution is 14.0. The highest BCUT2D eigenvalue weighted by Gasteiger charge is 2.14. The zero-order chi connectivity index (χ0) is 12.0. The van der Waals surface area contributed by atoms with Crippen LogP contribution in [0, 0.1) is 0 Å². The van der Waals surface area contributed by atoms with Crippen molar-refractivity contribution in [3.8, 4) is 0 Å². The van der Waals surface area contributed by atoms with Gasteiger partial charge in [-0.05, 0) is 26.7 Å². The molecule has 0 aromatic heterocycles. The van der Waals surface area contributed by atoms with Crippen LogP contribution in [0.25, 0.3) is 0 Å². The van der Waals surface area contributed by atoms with E-state index in [1.807, 2.05) is 13.8 Å². The molecule has 0 aromatic carbocycles. The molecule has 6 heteroatoms. The first-order chi connectivity index (χ1) is 7.58. The molecule has 17 heavy (non-hydrogen) atoms. The van der Waals surface area contributed by atoms with Gasteiger partial charge in [-0.25, -0.2) is 4.99 Å². The molecule has 0 aliphatic heterocycles. The summed E-state index contributed by atoms with van der Waals surface area (Å²) in [6, 6.07) is 0.587. The first kappa shape index (κ1) is 16.5. The predicted octanol–water partition coefficient (Wildman–Crippen LogP) is 0.976. The van der Waals surface area contributed by atoms with Gasteiger partial charge in [0.2, 0.25) is 5.91 Å². The van der Waals surface area contributed by atoms with Crippen LogP contribution in [0.2, 0.25) is 0 Å². The van der Waals surface area contributed by atoms with Crippen LogP contribution in [0.4, 0.5) is 0 Å². The molecule has 4 N–H and O–H groups in total. The quantitative estimate of drug-likeness (QED) is 0.400. The fraction of sp³-hybridized carbons (Fsp3) is 0.818. The fourth-order valence-electron chi connectivity index (χ4n) is 1.85. The van der Waals surface area contributed by atoms with Crippen LogP contribution >= 0.6 is 24.0 Å². The lowest BCUT2D eigenvalue weighted by molar-refractivity contribution is -0.120. The molecule has 0 radical (unpaired) electrons.